The van der Waals surface area contributed by atoms with Gasteiger partial charge in [-0.3, -0.25) is 4.79 Å². The molecule has 3 N–H and O–H groups in total. The predicted molar refractivity (Wildman–Crippen MR) is 77.3 cm³/mol. The number of benzene rings is 1. The number of hydrogen-bond donors (Lipinski definition) is 2. The lowest BCUT2D eigenvalue weighted by Gasteiger charge is -2.42. The number of fused-ring (bicyclic) bond motifs is 1. The zero-order chi connectivity index (χ0) is 13.4. The van der Waals surface area contributed by atoms with Crippen molar-refractivity contribution >= 4 is 28.9 Å². The highest BCUT2D eigenvalue weighted by atomic mass is 35.5. The van der Waals surface area contributed by atoms with Crippen molar-refractivity contribution in [1.29, 1.82) is 0 Å². The Bertz CT molecular complexity index is 505. The fraction of sp³-hybridized carbons (Fsp3) is 0.500. The number of nitrogens with one attached hydrogen (secondary N) is 1. The van der Waals surface area contributed by atoms with Crippen molar-refractivity contribution in [2.24, 2.45) is 5.92 Å². The minimum absolute atomic E-state index is 0.195. The first kappa shape index (κ1) is 12.6. The highest BCUT2D eigenvalue weighted by molar-refractivity contribution is 6.31. The van der Waals surface area contributed by atoms with Crippen LogP contribution in [-0.4, -0.2) is 25.0 Å². The van der Waals surface area contributed by atoms with Gasteiger partial charge in [0, 0.05) is 30.6 Å². The number of nitrogens with two attached hydrogens (primary N) is 1. The molecular formula is C14H18ClN3O. The van der Waals surface area contributed by atoms with Gasteiger partial charge in [0.25, 0.3) is 0 Å². The molecule has 1 amide bonds. The van der Waals surface area contributed by atoms with Crippen LogP contribution in [0, 0.1) is 5.92 Å². The molecule has 2 unspecified atom stereocenters. The molecule has 102 valence electrons. The minimum atomic E-state index is 0.195. The Hall–Kier alpha value is -1.42. The van der Waals surface area contributed by atoms with E-state index in [1.807, 2.05) is 12.1 Å². The molecule has 0 aromatic heterocycles. The van der Waals surface area contributed by atoms with Crippen LogP contribution in [-0.2, 0) is 4.79 Å². The lowest BCUT2D eigenvalue weighted by Crippen LogP contribution is -2.54. The average Bonchev–Trinajstić information content (AvgIpc) is 2.38. The molecule has 2 aliphatic heterocycles. The standard InChI is InChI=1S/C14H18ClN3O/c15-10-2-3-13(11(16)7-10)18-6-5-12-9(8-18)1-4-14(19)17-12/h2-3,7,9,12H,1,4-6,8,16H2,(H,17,19). The first-order chi connectivity index (χ1) is 9.13. The zero-order valence-electron chi connectivity index (χ0n) is 10.7. The normalized spacial score (nSPS) is 26.8. The monoisotopic (exact) mass is 279 g/mol. The van der Waals surface area contributed by atoms with Crippen LogP contribution in [0.4, 0.5) is 11.4 Å². The van der Waals surface area contributed by atoms with Gasteiger partial charge in [0.05, 0.1) is 11.4 Å². The summed E-state index contributed by atoms with van der Waals surface area (Å²) in [5, 5.41) is 3.76. The fourth-order valence-corrected chi connectivity index (χ4v) is 3.32. The summed E-state index contributed by atoms with van der Waals surface area (Å²) in [5.74, 6) is 0.724. The Kier molecular flexibility index (Phi) is 3.27. The first-order valence-electron chi connectivity index (χ1n) is 6.73. The Morgan fingerprint density at radius 1 is 1.37 bits per heavy atom. The predicted octanol–water partition coefficient (Wildman–Crippen LogP) is 2.03. The molecule has 3 rings (SSSR count). The summed E-state index contributed by atoms with van der Waals surface area (Å²) in [5.41, 5.74) is 7.83. The van der Waals surface area contributed by atoms with Gasteiger partial charge >= 0.3 is 0 Å². The molecule has 1 aromatic carbocycles. The van der Waals surface area contributed by atoms with Crippen LogP contribution >= 0.6 is 11.6 Å². The minimum Gasteiger partial charge on any atom is -0.397 e. The van der Waals surface area contributed by atoms with Gasteiger partial charge in [-0.25, -0.2) is 0 Å². The maximum atomic E-state index is 11.4. The number of carbonyl (C=O) groups is 1. The third-order valence-electron chi connectivity index (χ3n) is 4.15. The van der Waals surface area contributed by atoms with E-state index in [4.69, 9.17) is 17.3 Å². The van der Waals surface area contributed by atoms with E-state index >= 15 is 0 Å². The van der Waals surface area contributed by atoms with Gasteiger partial charge in [-0.1, -0.05) is 11.6 Å². The van der Waals surface area contributed by atoms with E-state index < -0.39 is 0 Å². The van der Waals surface area contributed by atoms with Crippen LogP contribution in [0.25, 0.3) is 0 Å². The van der Waals surface area contributed by atoms with Crippen LogP contribution in [0.3, 0.4) is 0 Å². The topological polar surface area (TPSA) is 58.4 Å². The zero-order valence-corrected chi connectivity index (χ0v) is 11.5. The number of rotatable bonds is 1. The molecule has 2 saturated heterocycles. The molecule has 4 nitrogen and oxygen atoms in total. The highest BCUT2D eigenvalue weighted by Gasteiger charge is 2.34. The van der Waals surface area contributed by atoms with E-state index in [1.165, 1.54) is 0 Å². The Labute approximate surface area is 117 Å². The Morgan fingerprint density at radius 3 is 3.00 bits per heavy atom. The summed E-state index contributed by atoms with van der Waals surface area (Å²) in [4.78, 5) is 13.7. The second-order valence-corrected chi connectivity index (χ2v) is 5.85. The van der Waals surface area contributed by atoms with Gasteiger partial charge in [0.2, 0.25) is 5.91 Å². The van der Waals surface area contributed by atoms with Crippen molar-refractivity contribution in [1.82, 2.24) is 5.32 Å². The number of carbonyl (C=O) groups excluding carboxylic acids is 1. The number of nitrogens with zero attached hydrogens (tertiary/aromatic N) is 1. The Morgan fingerprint density at radius 2 is 2.21 bits per heavy atom. The van der Waals surface area contributed by atoms with Crippen LogP contribution in [0.1, 0.15) is 19.3 Å². The van der Waals surface area contributed by atoms with Crippen molar-refractivity contribution in [3.63, 3.8) is 0 Å². The maximum absolute atomic E-state index is 11.4. The van der Waals surface area contributed by atoms with Gasteiger partial charge in [-0.05, 0) is 37.0 Å². The highest BCUT2D eigenvalue weighted by Crippen LogP contribution is 2.32. The fourth-order valence-electron chi connectivity index (χ4n) is 3.14. The summed E-state index contributed by atoms with van der Waals surface area (Å²) in [6.07, 6.45) is 2.60. The van der Waals surface area contributed by atoms with E-state index in [2.05, 4.69) is 10.2 Å². The quantitative estimate of drug-likeness (QED) is 0.774. The second kappa shape index (κ2) is 4.93. The van der Waals surface area contributed by atoms with Gasteiger partial charge in [0.15, 0.2) is 0 Å². The van der Waals surface area contributed by atoms with Gasteiger partial charge in [-0.15, -0.1) is 0 Å². The molecule has 0 radical (unpaired) electrons. The SMILES string of the molecule is Nc1cc(Cl)ccc1N1CCC2NC(=O)CCC2C1. The number of anilines is 2. The van der Waals surface area contributed by atoms with Crippen molar-refractivity contribution in [2.45, 2.75) is 25.3 Å². The molecule has 2 atom stereocenters. The Balaban J connectivity index is 1.76. The van der Waals surface area contributed by atoms with Gasteiger partial charge < -0.3 is 16.0 Å². The third kappa shape index (κ3) is 2.50. The number of hydrogen-bond acceptors (Lipinski definition) is 3. The summed E-state index contributed by atoms with van der Waals surface area (Å²) < 4.78 is 0. The van der Waals surface area contributed by atoms with Crippen LogP contribution < -0.4 is 16.0 Å². The lowest BCUT2D eigenvalue weighted by atomic mass is 9.85. The summed E-state index contributed by atoms with van der Waals surface area (Å²) in [6.45, 7) is 1.88. The lowest BCUT2D eigenvalue weighted by molar-refractivity contribution is -0.124. The van der Waals surface area contributed by atoms with Crippen LogP contribution in [0.2, 0.25) is 5.02 Å². The number of amides is 1. The van der Waals surface area contributed by atoms with Gasteiger partial charge in [-0.2, -0.15) is 0 Å². The summed E-state index contributed by atoms with van der Waals surface area (Å²) >= 11 is 5.94. The molecule has 2 aliphatic rings. The van der Waals surface area contributed by atoms with Crippen LogP contribution in [0.5, 0.6) is 0 Å². The third-order valence-corrected chi connectivity index (χ3v) is 4.39. The molecule has 19 heavy (non-hydrogen) atoms. The number of nitrogen functional groups attached to an aromatic ring is 1. The molecule has 0 saturated carbocycles. The molecule has 0 spiro atoms. The van der Waals surface area contributed by atoms with Crippen molar-refractivity contribution in [2.75, 3.05) is 23.7 Å². The van der Waals surface area contributed by atoms with E-state index in [1.54, 1.807) is 6.07 Å². The smallest absolute Gasteiger partial charge is 0.220 e. The summed E-state index contributed by atoms with van der Waals surface area (Å²) in [7, 11) is 0. The maximum Gasteiger partial charge on any atom is 0.220 e. The molecule has 1 aromatic rings. The van der Waals surface area contributed by atoms with Crippen molar-refractivity contribution in [3.05, 3.63) is 23.2 Å². The van der Waals surface area contributed by atoms with E-state index in [9.17, 15) is 4.79 Å². The number of halogens is 1. The van der Waals surface area contributed by atoms with Crippen molar-refractivity contribution in [3.8, 4) is 0 Å². The molecule has 0 aliphatic carbocycles. The molecule has 2 fully saturated rings. The van der Waals surface area contributed by atoms with Crippen LogP contribution in [0.15, 0.2) is 18.2 Å². The second-order valence-electron chi connectivity index (χ2n) is 5.41. The molecule has 0 bridgehead atoms. The number of piperidine rings is 2. The van der Waals surface area contributed by atoms with Crippen molar-refractivity contribution < 1.29 is 4.79 Å². The van der Waals surface area contributed by atoms with E-state index in [0.717, 1.165) is 37.3 Å². The summed E-state index contributed by atoms with van der Waals surface area (Å²) in [6, 6.07) is 6.00. The van der Waals surface area contributed by atoms with E-state index in [0.29, 0.717) is 23.4 Å². The molecule has 2 heterocycles. The largest absolute Gasteiger partial charge is 0.397 e. The first-order valence-corrected chi connectivity index (χ1v) is 7.10. The van der Waals surface area contributed by atoms with E-state index in [-0.39, 0.29) is 5.91 Å². The molecule has 5 heteroatoms. The average molecular weight is 280 g/mol. The van der Waals surface area contributed by atoms with Gasteiger partial charge in [0.1, 0.15) is 0 Å². The molecular weight excluding hydrogens is 262 g/mol.